The summed E-state index contributed by atoms with van der Waals surface area (Å²) in [4.78, 5) is 11.2. The smallest absolute Gasteiger partial charge is 0.302 e. The molecule has 0 saturated heterocycles. The lowest BCUT2D eigenvalue weighted by atomic mass is 9.72. The van der Waals surface area contributed by atoms with Gasteiger partial charge < -0.3 is 14.9 Å². The summed E-state index contributed by atoms with van der Waals surface area (Å²) in [7, 11) is 0. The van der Waals surface area contributed by atoms with E-state index < -0.39 is 0 Å². The number of carbonyl (C=O) groups excluding carboxylic acids is 1. The second kappa shape index (κ2) is 11.6. The van der Waals surface area contributed by atoms with Crippen molar-refractivity contribution in [3.8, 4) is 11.5 Å². The fourth-order valence-corrected chi connectivity index (χ4v) is 4.80. The molecule has 0 radical (unpaired) electrons. The van der Waals surface area contributed by atoms with Crippen LogP contribution in [0.5, 0.6) is 11.5 Å². The number of hydrogen-bond donors (Lipinski definition) is 2. The molecule has 0 saturated carbocycles. The first-order chi connectivity index (χ1) is 15.1. The lowest BCUT2D eigenvalue weighted by Gasteiger charge is -2.33. The number of rotatable bonds is 11. The standard InChI is InChI=1S/C28H42O4/c1-7-8-9-10-11-14-28(5,6)22-16-25(30)27(26(31)17-22)24-15-21(18-32-20(4)29)12-13-23(24)19(2)3/h15-17,23-24,30-31H,2,7-14,18H2,1,3-6H3/t23-,24+/m1/s1. The van der Waals surface area contributed by atoms with Gasteiger partial charge in [0.2, 0.25) is 0 Å². The molecule has 1 aromatic carbocycles. The molecular formula is C28H42O4. The second-order valence-corrected chi connectivity index (χ2v) is 10.1. The Labute approximate surface area is 194 Å². The Balaban J connectivity index is 2.30. The second-order valence-electron chi connectivity index (χ2n) is 10.1. The highest BCUT2D eigenvalue weighted by atomic mass is 16.5. The van der Waals surface area contributed by atoms with Gasteiger partial charge in [0.15, 0.2) is 0 Å². The summed E-state index contributed by atoms with van der Waals surface area (Å²) in [6, 6.07) is 3.65. The lowest BCUT2D eigenvalue weighted by Crippen LogP contribution is -2.21. The maximum Gasteiger partial charge on any atom is 0.302 e. The van der Waals surface area contributed by atoms with Gasteiger partial charge in [-0.2, -0.15) is 0 Å². The average Bonchev–Trinajstić information content (AvgIpc) is 2.71. The number of esters is 1. The minimum atomic E-state index is -0.309. The van der Waals surface area contributed by atoms with Crippen LogP contribution in [-0.4, -0.2) is 22.8 Å². The number of ether oxygens (including phenoxy) is 1. The predicted molar refractivity (Wildman–Crippen MR) is 131 cm³/mol. The Morgan fingerprint density at radius 2 is 1.75 bits per heavy atom. The number of aromatic hydroxyl groups is 2. The number of hydrogen-bond acceptors (Lipinski definition) is 4. The van der Waals surface area contributed by atoms with Gasteiger partial charge in [0.05, 0.1) is 0 Å². The molecule has 0 amide bonds. The van der Waals surface area contributed by atoms with Crippen molar-refractivity contribution in [1.82, 2.24) is 0 Å². The van der Waals surface area contributed by atoms with Crippen molar-refractivity contribution >= 4 is 5.97 Å². The minimum Gasteiger partial charge on any atom is -0.507 e. The van der Waals surface area contributed by atoms with E-state index >= 15 is 0 Å². The van der Waals surface area contributed by atoms with E-state index in [1.165, 1.54) is 32.6 Å². The molecule has 0 heterocycles. The zero-order valence-corrected chi connectivity index (χ0v) is 20.7. The van der Waals surface area contributed by atoms with E-state index in [9.17, 15) is 15.0 Å². The maximum atomic E-state index is 11.2. The number of carbonyl (C=O) groups is 1. The number of benzene rings is 1. The quantitative estimate of drug-likeness (QED) is 0.214. The zero-order chi connectivity index (χ0) is 23.9. The number of allylic oxidation sites excluding steroid dienone is 2. The van der Waals surface area contributed by atoms with Gasteiger partial charge >= 0.3 is 5.97 Å². The summed E-state index contributed by atoms with van der Waals surface area (Å²) < 4.78 is 5.19. The van der Waals surface area contributed by atoms with Gasteiger partial charge in [-0.15, -0.1) is 0 Å². The van der Waals surface area contributed by atoms with E-state index in [0.29, 0.717) is 5.56 Å². The first-order valence-electron chi connectivity index (χ1n) is 12.1. The Morgan fingerprint density at radius 1 is 1.12 bits per heavy atom. The van der Waals surface area contributed by atoms with Crippen molar-refractivity contribution < 1.29 is 19.7 Å². The van der Waals surface area contributed by atoms with Crippen molar-refractivity contribution in [2.45, 2.75) is 97.3 Å². The lowest BCUT2D eigenvalue weighted by molar-refractivity contribution is -0.140. The normalized spacial score (nSPS) is 18.8. The van der Waals surface area contributed by atoms with Crippen molar-refractivity contribution in [2.24, 2.45) is 5.92 Å². The number of unbranched alkanes of at least 4 members (excludes halogenated alkanes) is 4. The molecule has 1 aliphatic carbocycles. The van der Waals surface area contributed by atoms with Crippen molar-refractivity contribution in [3.05, 3.63) is 47.1 Å². The van der Waals surface area contributed by atoms with Crippen LogP contribution in [0.15, 0.2) is 35.9 Å². The maximum absolute atomic E-state index is 11.2. The third-order valence-electron chi connectivity index (χ3n) is 6.88. The highest BCUT2D eigenvalue weighted by Crippen LogP contribution is 2.48. The molecule has 1 aromatic rings. The minimum absolute atomic E-state index is 0.116. The highest BCUT2D eigenvalue weighted by molar-refractivity contribution is 5.66. The van der Waals surface area contributed by atoms with Gasteiger partial charge in [-0.1, -0.05) is 71.1 Å². The zero-order valence-electron chi connectivity index (χ0n) is 20.7. The molecule has 0 unspecified atom stereocenters. The predicted octanol–water partition coefficient (Wildman–Crippen LogP) is 7.30. The third kappa shape index (κ3) is 6.88. The van der Waals surface area contributed by atoms with Crippen LogP contribution in [0.25, 0.3) is 0 Å². The van der Waals surface area contributed by atoms with Crippen LogP contribution in [-0.2, 0) is 14.9 Å². The van der Waals surface area contributed by atoms with Gasteiger partial charge in [0, 0.05) is 18.4 Å². The molecule has 4 nitrogen and oxygen atoms in total. The molecule has 178 valence electrons. The Hall–Kier alpha value is -2.23. The van der Waals surface area contributed by atoms with Crippen molar-refractivity contribution in [3.63, 3.8) is 0 Å². The van der Waals surface area contributed by atoms with E-state index in [1.807, 2.05) is 25.1 Å². The fourth-order valence-electron chi connectivity index (χ4n) is 4.80. The summed E-state index contributed by atoms with van der Waals surface area (Å²) in [5, 5.41) is 22.1. The van der Waals surface area contributed by atoms with Gasteiger partial charge in [-0.05, 0) is 60.8 Å². The van der Waals surface area contributed by atoms with Crippen LogP contribution in [0.4, 0.5) is 0 Å². The Morgan fingerprint density at radius 3 is 2.31 bits per heavy atom. The van der Waals surface area contributed by atoms with E-state index in [2.05, 4.69) is 27.4 Å². The molecule has 0 aliphatic heterocycles. The van der Waals surface area contributed by atoms with Crippen LogP contribution in [0.1, 0.15) is 103 Å². The molecule has 1 aliphatic rings. The van der Waals surface area contributed by atoms with Crippen LogP contribution >= 0.6 is 0 Å². The van der Waals surface area contributed by atoms with Gasteiger partial charge in [0.1, 0.15) is 18.1 Å². The van der Waals surface area contributed by atoms with Crippen LogP contribution in [0.3, 0.4) is 0 Å². The average molecular weight is 443 g/mol. The van der Waals surface area contributed by atoms with E-state index in [0.717, 1.165) is 42.4 Å². The van der Waals surface area contributed by atoms with Crippen molar-refractivity contribution in [1.29, 1.82) is 0 Å². The van der Waals surface area contributed by atoms with Crippen LogP contribution in [0, 0.1) is 5.92 Å². The Kier molecular flexibility index (Phi) is 9.42. The summed E-state index contributed by atoms with van der Waals surface area (Å²) >= 11 is 0. The third-order valence-corrected chi connectivity index (χ3v) is 6.88. The topological polar surface area (TPSA) is 66.8 Å². The Bertz CT molecular complexity index is 811. The molecular weight excluding hydrogens is 400 g/mol. The molecule has 0 bridgehead atoms. The van der Waals surface area contributed by atoms with E-state index in [-0.39, 0.29) is 41.3 Å². The number of phenolic OH excluding ortho intramolecular Hbond substituents is 2. The summed E-state index contributed by atoms with van der Waals surface area (Å²) in [6.45, 7) is 14.4. The molecule has 2 rings (SSSR count). The van der Waals surface area contributed by atoms with Gasteiger partial charge in [-0.3, -0.25) is 4.79 Å². The highest BCUT2D eigenvalue weighted by Gasteiger charge is 2.32. The van der Waals surface area contributed by atoms with Gasteiger partial charge in [0.25, 0.3) is 0 Å². The molecule has 2 atom stereocenters. The first kappa shape index (κ1) is 26.0. The monoisotopic (exact) mass is 442 g/mol. The van der Waals surface area contributed by atoms with E-state index in [4.69, 9.17) is 4.74 Å². The van der Waals surface area contributed by atoms with Gasteiger partial charge in [-0.25, -0.2) is 0 Å². The summed E-state index contributed by atoms with van der Waals surface area (Å²) in [6.07, 6.45) is 10.8. The van der Waals surface area contributed by atoms with Crippen LogP contribution in [0.2, 0.25) is 0 Å². The molecule has 4 heteroatoms. The fraction of sp³-hybridized carbons (Fsp3) is 0.607. The van der Waals surface area contributed by atoms with Crippen molar-refractivity contribution in [2.75, 3.05) is 6.61 Å². The summed E-state index contributed by atoms with van der Waals surface area (Å²) in [5.74, 6) is -0.139. The largest absolute Gasteiger partial charge is 0.507 e. The molecule has 0 aromatic heterocycles. The number of phenols is 2. The van der Waals surface area contributed by atoms with Crippen LogP contribution < -0.4 is 0 Å². The molecule has 0 spiro atoms. The first-order valence-corrected chi connectivity index (χ1v) is 12.1. The SMILES string of the molecule is C=C(C)[C@H]1CCC(COC(C)=O)=C[C@@H]1c1c(O)cc(C(C)(C)CCCCCCC)cc1O. The molecule has 32 heavy (non-hydrogen) atoms. The summed E-state index contributed by atoms with van der Waals surface area (Å²) in [5.41, 5.74) is 3.40. The molecule has 2 N–H and O–H groups in total. The molecule has 0 fully saturated rings. The van der Waals surface area contributed by atoms with E-state index in [1.54, 1.807) is 0 Å².